The van der Waals surface area contributed by atoms with Gasteiger partial charge in [0.05, 0.1) is 36.5 Å². The molecule has 0 amide bonds. The van der Waals surface area contributed by atoms with Gasteiger partial charge < -0.3 is 9.30 Å². The lowest BCUT2D eigenvalue weighted by molar-refractivity contribution is -0.0271. The number of hydrogen-bond acceptors (Lipinski definition) is 3. The van der Waals surface area contributed by atoms with E-state index in [2.05, 4.69) is 15.6 Å². The van der Waals surface area contributed by atoms with E-state index in [1.807, 2.05) is 30.7 Å². The predicted molar refractivity (Wildman–Crippen MR) is 68.2 cm³/mol. The first-order valence-corrected chi connectivity index (χ1v) is 6.51. The Morgan fingerprint density at radius 3 is 3.26 bits per heavy atom. The minimum atomic E-state index is -0.392. The summed E-state index contributed by atoms with van der Waals surface area (Å²) in [6.45, 7) is 1.61. The Hall–Kier alpha value is -2.12. The van der Waals surface area contributed by atoms with Crippen molar-refractivity contribution in [3.05, 3.63) is 53.1 Å². The number of fused-ring (bicyclic) bond motifs is 4. The second-order valence-corrected chi connectivity index (χ2v) is 5.18. The number of hydrogen-bond donors (Lipinski definition) is 0. The molecule has 0 radical (unpaired) electrons. The SMILES string of the molecule is N#Cc1ccc2c(c1)C1(CCCn3cncc31)OC2. The number of ether oxygens (including phenoxy) is 1. The van der Waals surface area contributed by atoms with E-state index < -0.39 is 5.60 Å². The number of benzene rings is 1. The number of aryl methyl sites for hydroxylation is 1. The third-order valence-electron chi connectivity index (χ3n) is 4.20. The third-order valence-corrected chi connectivity index (χ3v) is 4.20. The molecule has 4 nitrogen and oxygen atoms in total. The maximum atomic E-state index is 9.10. The molecule has 19 heavy (non-hydrogen) atoms. The monoisotopic (exact) mass is 251 g/mol. The van der Waals surface area contributed by atoms with Crippen LogP contribution in [0.3, 0.4) is 0 Å². The normalized spacial score (nSPS) is 23.9. The summed E-state index contributed by atoms with van der Waals surface area (Å²) in [7, 11) is 0. The van der Waals surface area contributed by atoms with E-state index in [-0.39, 0.29) is 0 Å². The highest BCUT2D eigenvalue weighted by atomic mass is 16.5. The van der Waals surface area contributed by atoms with Gasteiger partial charge in [-0.2, -0.15) is 5.26 Å². The molecule has 2 aromatic rings. The quantitative estimate of drug-likeness (QED) is 0.722. The molecule has 4 rings (SSSR count). The predicted octanol–water partition coefficient (Wildman–Crippen LogP) is 2.32. The van der Waals surface area contributed by atoms with Crippen LogP contribution in [0.25, 0.3) is 0 Å². The summed E-state index contributed by atoms with van der Waals surface area (Å²) in [5.74, 6) is 0. The Morgan fingerprint density at radius 1 is 1.42 bits per heavy atom. The van der Waals surface area contributed by atoms with E-state index in [9.17, 15) is 0 Å². The summed E-state index contributed by atoms with van der Waals surface area (Å²) in [4.78, 5) is 4.26. The molecule has 1 unspecified atom stereocenters. The molecule has 1 aromatic heterocycles. The van der Waals surface area contributed by atoms with Gasteiger partial charge in [-0.05, 0) is 36.1 Å². The highest BCUT2D eigenvalue weighted by Crippen LogP contribution is 2.47. The molecule has 1 atom stereocenters. The highest BCUT2D eigenvalue weighted by molar-refractivity contribution is 5.47. The second kappa shape index (κ2) is 3.69. The Kier molecular flexibility index (Phi) is 2.09. The zero-order chi connectivity index (χ0) is 12.9. The molecule has 0 bridgehead atoms. The molecule has 94 valence electrons. The Balaban J connectivity index is 1.96. The summed E-state index contributed by atoms with van der Waals surface area (Å²) in [5, 5.41) is 9.10. The minimum Gasteiger partial charge on any atom is -0.359 e. The average Bonchev–Trinajstić information content (AvgIpc) is 3.06. The fraction of sp³-hybridized carbons (Fsp3) is 0.333. The van der Waals surface area contributed by atoms with Gasteiger partial charge in [-0.25, -0.2) is 4.98 Å². The average molecular weight is 251 g/mol. The van der Waals surface area contributed by atoms with Crippen molar-refractivity contribution in [3.63, 3.8) is 0 Å². The van der Waals surface area contributed by atoms with Crippen LogP contribution in [0.1, 0.15) is 35.2 Å². The molecule has 0 N–H and O–H groups in total. The van der Waals surface area contributed by atoms with Crippen LogP contribution < -0.4 is 0 Å². The molecule has 0 fully saturated rings. The van der Waals surface area contributed by atoms with E-state index >= 15 is 0 Å². The summed E-state index contributed by atoms with van der Waals surface area (Å²) < 4.78 is 8.33. The first-order chi connectivity index (χ1) is 9.33. The number of rotatable bonds is 0. The van der Waals surface area contributed by atoms with Crippen molar-refractivity contribution in [2.75, 3.05) is 0 Å². The van der Waals surface area contributed by atoms with Crippen molar-refractivity contribution < 1.29 is 4.74 Å². The molecule has 3 heterocycles. The van der Waals surface area contributed by atoms with Crippen LogP contribution >= 0.6 is 0 Å². The van der Waals surface area contributed by atoms with Gasteiger partial charge in [0.1, 0.15) is 5.60 Å². The number of nitrogens with zero attached hydrogens (tertiary/aromatic N) is 3. The molecule has 2 aliphatic rings. The van der Waals surface area contributed by atoms with Crippen molar-refractivity contribution in [1.29, 1.82) is 5.26 Å². The molecule has 0 aliphatic carbocycles. The molecular weight excluding hydrogens is 238 g/mol. The van der Waals surface area contributed by atoms with Crippen molar-refractivity contribution in [3.8, 4) is 6.07 Å². The summed E-state index contributed by atoms with van der Waals surface area (Å²) in [6, 6.07) is 8.07. The van der Waals surface area contributed by atoms with Crippen LogP contribution in [0.4, 0.5) is 0 Å². The number of aromatic nitrogens is 2. The van der Waals surface area contributed by atoms with Gasteiger partial charge in [-0.15, -0.1) is 0 Å². The Bertz CT molecular complexity index is 698. The van der Waals surface area contributed by atoms with Gasteiger partial charge in [0.25, 0.3) is 0 Å². The second-order valence-electron chi connectivity index (χ2n) is 5.18. The number of imidazole rings is 1. The molecule has 2 aliphatic heterocycles. The van der Waals surface area contributed by atoms with Crippen LogP contribution in [0.15, 0.2) is 30.7 Å². The molecule has 0 saturated carbocycles. The molecule has 0 saturated heterocycles. The van der Waals surface area contributed by atoms with Crippen LogP contribution in [0, 0.1) is 11.3 Å². The minimum absolute atomic E-state index is 0.392. The molecule has 1 aromatic carbocycles. The van der Waals surface area contributed by atoms with Gasteiger partial charge in [0.15, 0.2) is 0 Å². The fourth-order valence-corrected chi connectivity index (χ4v) is 3.31. The summed E-state index contributed by atoms with van der Waals surface area (Å²) >= 11 is 0. The van der Waals surface area contributed by atoms with Gasteiger partial charge >= 0.3 is 0 Å². The molecule has 4 heteroatoms. The maximum absolute atomic E-state index is 9.10. The Morgan fingerprint density at radius 2 is 2.37 bits per heavy atom. The van der Waals surface area contributed by atoms with Crippen LogP contribution in [0.2, 0.25) is 0 Å². The summed E-state index contributed by atoms with van der Waals surface area (Å²) in [5.41, 5.74) is 3.76. The van der Waals surface area contributed by atoms with Crippen LogP contribution in [-0.2, 0) is 23.5 Å². The van der Waals surface area contributed by atoms with Crippen molar-refractivity contribution >= 4 is 0 Å². The first-order valence-electron chi connectivity index (χ1n) is 6.51. The highest BCUT2D eigenvalue weighted by Gasteiger charge is 2.45. The number of nitriles is 1. The topological polar surface area (TPSA) is 50.8 Å². The van der Waals surface area contributed by atoms with Gasteiger partial charge in [0.2, 0.25) is 0 Å². The lowest BCUT2D eigenvalue weighted by Crippen LogP contribution is -2.34. The van der Waals surface area contributed by atoms with E-state index in [4.69, 9.17) is 10.00 Å². The van der Waals surface area contributed by atoms with Crippen molar-refractivity contribution in [2.45, 2.75) is 31.6 Å². The van der Waals surface area contributed by atoms with Gasteiger partial charge in [-0.1, -0.05) is 6.07 Å². The zero-order valence-corrected chi connectivity index (χ0v) is 10.5. The maximum Gasteiger partial charge on any atom is 0.135 e. The van der Waals surface area contributed by atoms with E-state index in [1.54, 1.807) is 0 Å². The Labute approximate surface area is 111 Å². The summed E-state index contributed by atoms with van der Waals surface area (Å²) in [6.07, 6.45) is 5.79. The smallest absolute Gasteiger partial charge is 0.135 e. The largest absolute Gasteiger partial charge is 0.359 e. The van der Waals surface area contributed by atoms with Gasteiger partial charge in [-0.3, -0.25) is 0 Å². The molecular formula is C15H13N3O. The lowest BCUT2D eigenvalue weighted by Gasteiger charge is -2.34. The third kappa shape index (κ3) is 1.33. The standard InChI is InChI=1S/C15H13N3O/c16-7-11-2-3-12-9-19-15(13(12)6-11)4-1-5-18-10-17-8-14(15)18/h2-3,6,8,10H,1,4-5,9H2. The molecule has 1 spiro atoms. The van der Waals surface area contributed by atoms with E-state index in [0.717, 1.165) is 30.6 Å². The van der Waals surface area contributed by atoms with Crippen molar-refractivity contribution in [2.24, 2.45) is 0 Å². The van der Waals surface area contributed by atoms with E-state index in [0.29, 0.717) is 12.2 Å². The van der Waals surface area contributed by atoms with Crippen LogP contribution in [0.5, 0.6) is 0 Å². The van der Waals surface area contributed by atoms with E-state index in [1.165, 1.54) is 5.56 Å². The van der Waals surface area contributed by atoms with Gasteiger partial charge in [0, 0.05) is 6.54 Å². The fourth-order valence-electron chi connectivity index (χ4n) is 3.31. The lowest BCUT2D eigenvalue weighted by atomic mass is 9.83. The first kappa shape index (κ1) is 10.8. The van der Waals surface area contributed by atoms with Crippen LogP contribution in [-0.4, -0.2) is 9.55 Å². The zero-order valence-electron chi connectivity index (χ0n) is 10.5. The van der Waals surface area contributed by atoms with Crippen molar-refractivity contribution in [1.82, 2.24) is 9.55 Å².